The third kappa shape index (κ3) is 4.88. The molecule has 0 radical (unpaired) electrons. The summed E-state index contributed by atoms with van der Waals surface area (Å²) in [6.45, 7) is 3.59. The fourth-order valence-corrected chi connectivity index (χ4v) is 1.81. The highest BCUT2D eigenvalue weighted by Gasteiger charge is 2.33. The minimum Gasteiger partial charge on any atom is -0.497 e. The molecule has 0 heterocycles. The van der Waals surface area contributed by atoms with Crippen molar-refractivity contribution in [2.45, 2.75) is 38.5 Å². The molecule has 116 valence electrons. The van der Waals surface area contributed by atoms with E-state index < -0.39 is 17.8 Å². The Morgan fingerprint density at radius 3 is 2.38 bits per heavy atom. The van der Waals surface area contributed by atoms with Gasteiger partial charge in [0.15, 0.2) is 6.23 Å². The summed E-state index contributed by atoms with van der Waals surface area (Å²) in [5, 5.41) is 10.1. The van der Waals surface area contributed by atoms with E-state index in [0.29, 0.717) is 12.8 Å². The zero-order valence-electron chi connectivity index (χ0n) is 12.7. The van der Waals surface area contributed by atoms with Crippen molar-refractivity contribution in [1.82, 2.24) is 0 Å². The first-order chi connectivity index (χ1) is 9.95. The lowest BCUT2D eigenvalue weighted by atomic mass is 9.96. The third-order valence-electron chi connectivity index (χ3n) is 3.52. The Balaban J connectivity index is 2.62. The van der Waals surface area contributed by atoms with Gasteiger partial charge in [-0.3, -0.25) is 5.73 Å². The van der Waals surface area contributed by atoms with Crippen LogP contribution in [0.25, 0.3) is 6.08 Å². The van der Waals surface area contributed by atoms with Crippen LogP contribution in [0.5, 0.6) is 5.75 Å². The van der Waals surface area contributed by atoms with Gasteiger partial charge in [-0.2, -0.15) is 0 Å². The molecule has 5 heteroatoms. The summed E-state index contributed by atoms with van der Waals surface area (Å²) < 4.78 is 10.1. The molecule has 0 amide bonds. The van der Waals surface area contributed by atoms with Crippen molar-refractivity contribution in [3.63, 3.8) is 0 Å². The summed E-state index contributed by atoms with van der Waals surface area (Å²) in [4.78, 5) is 11.7. The smallest absolute Gasteiger partial charge is 0.332 e. The van der Waals surface area contributed by atoms with Gasteiger partial charge in [-0.15, -0.1) is 0 Å². The van der Waals surface area contributed by atoms with Crippen molar-refractivity contribution in [3.8, 4) is 5.75 Å². The predicted molar refractivity (Wildman–Crippen MR) is 81.6 cm³/mol. The molecule has 0 aromatic heterocycles. The summed E-state index contributed by atoms with van der Waals surface area (Å²) >= 11 is 0. The number of hydrogen-bond acceptors (Lipinski definition) is 5. The molecule has 1 aromatic carbocycles. The second-order valence-corrected chi connectivity index (χ2v) is 4.77. The number of methoxy groups -OCH3 is 1. The maximum atomic E-state index is 11.7. The molecule has 0 fully saturated rings. The lowest BCUT2D eigenvalue weighted by molar-refractivity contribution is -0.159. The molecule has 0 bridgehead atoms. The highest BCUT2D eigenvalue weighted by molar-refractivity contribution is 5.87. The molecule has 1 atom stereocenters. The number of rotatable bonds is 7. The van der Waals surface area contributed by atoms with E-state index >= 15 is 0 Å². The summed E-state index contributed by atoms with van der Waals surface area (Å²) in [6, 6.07) is 7.22. The van der Waals surface area contributed by atoms with Gasteiger partial charge < -0.3 is 14.6 Å². The summed E-state index contributed by atoms with van der Waals surface area (Å²) in [6.07, 6.45) is 2.69. The van der Waals surface area contributed by atoms with Crippen molar-refractivity contribution < 1.29 is 19.4 Å². The summed E-state index contributed by atoms with van der Waals surface area (Å²) in [7, 11) is 1.59. The normalized spacial score (nSPS) is 13.2. The van der Waals surface area contributed by atoms with Gasteiger partial charge in [0, 0.05) is 6.08 Å². The molecule has 1 aromatic rings. The summed E-state index contributed by atoms with van der Waals surface area (Å²) in [5.74, 6) is 0.159. The van der Waals surface area contributed by atoms with Crippen LogP contribution in [0.2, 0.25) is 0 Å². The minimum atomic E-state index is -1.19. The second kappa shape index (κ2) is 7.81. The van der Waals surface area contributed by atoms with E-state index in [4.69, 9.17) is 15.2 Å². The monoisotopic (exact) mass is 293 g/mol. The number of benzene rings is 1. The fourth-order valence-electron chi connectivity index (χ4n) is 1.81. The Morgan fingerprint density at radius 2 is 1.90 bits per heavy atom. The van der Waals surface area contributed by atoms with E-state index in [1.54, 1.807) is 39.2 Å². The topological polar surface area (TPSA) is 81.8 Å². The Morgan fingerprint density at radius 1 is 1.33 bits per heavy atom. The van der Waals surface area contributed by atoms with E-state index in [9.17, 15) is 9.90 Å². The van der Waals surface area contributed by atoms with Crippen LogP contribution in [-0.4, -0.2) is 30.0 Å². The van der Waals surface area contributed by atoms with Crippen molar-refractivity contribution in [2.75, 3.05) is 7.11 Å². The van der Waals surface area contributed by atoms with E-state index in [-0.39, 0.29) is 0 Å². The van der Waals surface area contributed by atoms with Gasteiger partial charge in [0.05, 0.1) is 7.11 Å². The number of nitrogens with two attached hydrogens (primary N) is 1. The van der Waals surface area contributed by atoms with Crippen molar-refractivity contribution in [2.24, 2.45) is 5.73 Å². The molecule has 0 aliphatic heterocycles. The van der Waals surface area contributed by atoms with Crippen LogP contribution in [0.1, 0.15) is 32.3 Å². The minimum absolute atomic E-state index is 0.417. The van der Waals surface area contributed by atoms with Gasteiger partial charge in [0.2, 0.25) is 0 Å². The number of ether oxygens (including phenoxy) is 2. The lowest BCUT2D eigenvalue weighted by Crippen LogP contribution is -2.49. The first-order valence-corrected chi connectivity index (χ1v) is 6.96. The first-order valence-electron chi connectivity index (χ1n) is 6.96. The molecule has 0 saturated carbocycles. The van der Waals surface area contributed by atoms with E-state index in [0.717, 1.165) is 11.3 Å². The molecular weight excluding hydrogens is 270 g/mol. The van der Waals surface area contributed by atoms with Gasteiger partial charge >= 0.3 is 5.97 Å². The van der Waals surface area contributed by atoms with Crippen LogP contribution < -0.4 is 10.5 Å². The van der Waals surface area contributed by atoms with Gasteiger partial charge in [-0.25, -0.2) is 4.79 Å². The lowest BCUT2D eigenvalue weighted by Gasteiger charge is -2.30. The highest BCUT2D eigenvalue weighted by atomic mass is 16.6. The van der Waals surface area contributed by atoms with Crippen LogP contribution >= 0.6 is 0 Å². The molecule has 21 heavy (non-hydrogen) atoms. The van der Waals surface area contributed by atoms with Crippen LogP contribution in [-0.2, 0) is 9.53 Å². The zero-order chi connectivity index (χ0) is 15.9. The van der Waals surface area contributed by atoms with Crippen LogP contribution in [0.3, 0.4) is 0 Å². The van der Waals surface area contributed by atoms with Crippen molar-refractivity contribution in [3.05, 3.63) is 35.9 Å². The molecular formula is C16H23NO4. The molecule has 1 unspecified atom stereocenters. The number of hydrogen-bond donors (Lipinski definition) is 2. The molecule has 3 N–H and O–H groups in total. The second-order valence-electron chi connectivity index (χ2n) is 4.77. The Labute approximate surface area is 125 Å². The predicted octanol–water partition coefficient (Wildman–Crippen LogP) is 2.09. The van der Waals surface area contributed by atoms with Gasteiger partial charge in [-0.05, 0) is 36.6 Å². The Kier molecular flexibility index (Phi) is 6.39. The Hall–Kier alpha value is -1.85. The molecule has 0 spiro atoms. The van der Waals surface area contributed by atoms with Crippen LogP contribution in [0, 0.1) is 0 Å². The van der Waals surface area contributed by atoms with E-state index in [2.05, 4.69) is 0 Å². The number of aliphatic hydroxyl groups is 1. The van der Waals surface area contributed by atoms with E-state index in [1.807, 2.05) is 12.1 Å². The quantitative estimate of drug-likeness (QED) is 0.457. The average molecular weight is 293 g/mol. The first kappa shape index (κ1) is 17.2. The van der Waals surface area contributed by atoms with Crippen LogP contribution in [0.4, 0.5) is 0 Å². The van der Waals surface area contributed by atoms with Gasteiger partial charge in [0.25, 0.3) is 0 Å². The third-order valence-corrected chi connectivity index (χ3v) is 3.52. The fraction of sp³-hybridized carbons (Fsp3) is 0.438. The maximum Gasteiger partial charge on any atom is 0.332 e. The molecule has 0 aliphatic carbocycles. The molecule has 0 saturated heterocycles. The van der Waals surface area contributed by atoms with Crippen LogP contribution in [0.15, 0.2) is 30.3 Å². The molecule has 5 nitrogen and oxygen atoms in total. The van der Waals surface area contributed by atoms with Crippen molar-refractivity contribution >= 4 is 12.0 Å². The maximum absolute atomic E-state index is 11.7. The molecule has 0 aliphatic rings. The number of carbonyl (C=O) groups excluding carboxylic acids is 1. The number of esters is 1. The Bertz CT molecular complexity index is 478. The SMILES string of the molecule is CCC(O)(CC)C(N)OC(=O)/C=C/c1ccc(OC)cc1. The average Bonchev–Trinajstić information content (AvgIpc) is 2.52. The van der Waals surface area contributed by atoms with Gasteiger partial charge in [-0.1, -0.05) is 26.0 Å². The number of carbonyl (C=O) groups is 1. The largest absolute Gasteiger partial charge is 0.497 e. The molecule has 1 rings (SSSR count). The van der Waals surface area contributed by atoms with Crippen molar-refractivity contribution in [1.29, 1.82) is 0 Å². The van der Waals surface area contributed by atoms with Gasteiger partial charge in [0.1, 0.15) is 11.4 Å². The standard InChI is InChI=1S/C16H23NO4/c1-4-16(19,5-2)15(17)21-14(18)11-8-12-6-9-13(20-3)10-7-12/h6-11,15,19H,4-5,17H2,1-3H3/b11-8+. The van der Waals surface area contributed by atoms with E-state index in [1.165, 1.54) is 6.08 Å². The highest BCUT2D eigenvalue weighted by Crippen LogP contribution is 2.19. The zero-order valence-corrected chi connectivity index (χ0v) is 12.7. The summed E-state index contributed by atoms with van der Waals surface area (Å²) in [5.41, 5.74) is 5.38.